The second-order valence-corrected chi connectivity index (χ2v) is 5.04. The van der Waals surface area contributed by atoms with Gasteiger partial charge in [0.05, 0.1) is 11.6 Å². The van der Waals surface area contributed by atoms with E-state index in [1.54, 1.807) is 12.3 Å². The number of nitrogens with one attached hydrogen (secondary N) is 1. The smallest absolute Gasteiger partial charge is 0.128 e. The monoisotopic (exact) mass is 280 g/mol. The van der Waals surface area contributed by atoms with Crippen molar-refractivity contribution in [2.24, 2.45) is 0 Å². The Morgan fingerprint density at radius 2 is 1.95 bits per heavy atom. The molecule has 1 N–H and O–H groups in total. The first-order valence-electron chi connectivity index (χ1n) is 7.13. The molecule has 0 aliphatic carbocycles. The number of halogens is 1. The third-order valence-corrected chi connectivity index (χ3v) is 3.63. The van der Waals surface area contributed by atoms with Gasteiger partial charge >= 0.3 is 0 Å². The molecule has 0 radical (unpaired) electrons. The van der Waals surface area contributed by atoms with Crippen LogP contribution in [0.2, 0.25) is 0 Å². The summed E-state index contributed by atoms with van der Waals surface area (Å²) in [5.41, 5.74) is 2.64. The van der Waals surface area contributed by atoms with Gasteiger partial charge in [0.25, 0.3) is 0 Å². The number of anilines is 1. The molecule has 0 bridgehead atoms. The zero-order valence-electron chi connectivity index (χ0n) is 11.9. The lowest BCUT2D eigenvalue weighted by molar-refractivity contribution is 0.587. The van der Waals surface area contributed by atoms with E-state index in [0.29, 0.717) is 5.56 Å². The number of nitrogens with zero attached hydrogens (tertiary/aromatic N) is 1. The molecule has 1 heterocycles. The van der Waals surface area contributed by atoms with Crippen LogP contribution in [-0.4, -0.2) is 4.98 Å². The number of hydrogen-bond acceptors (Lipinski definition) is 2. The summed E-state index contributed by atoms with van der Waals surface area (Å²) >= 11 is 0. The average Bonchev–Trinajstić information content (AvgIpc) is 2.53. The maximum Gasteiger partial charge on any atom is 0.128 e. The Bertz CT molecular complexity index is 755. The predicted octanol–water partition coefficient (Wildman–Crippen LogP) is 4.94. The molecule has 0 aliphatic rings. The topological polar surface area (TPSA) is 24.9 Å². The molecule has 0 saturated carbocycles. The summed E-state index contributed by atoms with van der Waals surface area (Å²) in [7, 11) is 0. The molecule has 3 rings (SSSR count). The van der Waals surface area contributed by atoms with E-state index in [1.807, 2.05) is 49.4 Å². The first-order chi connectivity index (χ1) is 10.3. The zero-order chi connectivity index (χ0) is 14.7. The molecular formula is C18H17FN2. The molecule has 0 aliphatic heterocycles. The highest BCUT2D eigenvalue weighted by Gasteiger charge is 2.13. The average molecular weight is 280 g/mol. The highest BCUT2D eigenvalue weighted by Crippen LogP contribution is 2.26. The van der Waals surface area contributed by atoms with Gasteiger partial charge in [-0.25, -0.2) is 4.39 Å². The first-order valence-corrected chi connectivity index (χ1v) is 7.13. The largest absolute Gasteiger partial charge is 0.378 e. The normalized spacial score (nSPS) is 12.3. The molecule has 21 heavy (non-hydrogen) atoms. The summed E-state index contributed by atoms with van der Waals surface area (Å²) in [4.78, 5) is 4.31. The van der Waals surface area contributed by atoms with E-state index in [-0.39, 0.29) is 11.9 Å². The molecule has 2 nitrogen and oxygen atoms in total. The Balaban J connectivity index is 1.90. The fourth-order valence-corrected chi connectivity index (χ4v) is 2.52. The van der Waals surface area contributed by atoms with Gasteiger partial charge in [-0.15, -0.1) is 0 Å². The maximum absolute atomic E-state index is 13.9. The third-order valence-electron chi connectivity index (χ3n) is 3.63. The number of fused-ring (bicyclic) bond motifs is 1. The molecule has 0 spiro atoms. The van der Waals surface area contributed by atoms with E-state index in [1.165, 1.54) is 6.07 Å². The van der Waals surface area contributed by atoms with Gasteiger partial charge in [-0.3, -0.25) is 4.98 Å². The molecule has 106 valence electrons. The molecule has 1 aromatic heterocycles. The summed E-state index contributed by atoms with van der Waals surface area (Å²) in [5.74, 6) is -0.167. The summed E-state index contributed by atoms with van der Waals surface area (Å²) in [6.45, 7) is 2.05. The van der Waals surface area contributed by atoms with Crippen LogP contribution in [0.15, 0.2) is 60.8 Å². The van der Waals surface area contributed by atoms with E-state index in [2.05, 4.69) is 10.3 Å². The van der Waals surface area contributed by atoms with Crippen molar-refractivity contribution >= 4 is 16.6 Å². The van der Waals surface area contributed by atoms with Gasteiger partial charge in [0, 0.05) is 22.8 Å². The van der Waals surface area contributed by atoms with Crippen molar-refractivity contribution in [2.45, 2.75) is 19.4 Å². The standard InChI is InChI=1S/C18H17FN2/c1-2-17(15-7-3-4-8-16(15)19)21-14-9-10-18-13(12-14)6-5-11-20-18/h3-12,17,21H,2H2,1H3. The van der Waals surface area contributed by atoms with Crippen molar-refractivity contribution in [3.63, 3.8) is 0 Å². The Morgan fingerprint density at radius 3 is 2.76 bits per heavy atom. The van der Waals surface area contributed by atoms with Crippen molar-refractivity contribution < 1.29 is 4.39 Å². The lowest BCUT2D eigenvalue weighted by Crippen LogP contribution is -2.11. The lowest BCUT2D eigenvalue weighted by Gasteiger charge is -2.19. The van der Waals surface area contributed by atoms with Crippen LogP contribution in [0.5, 0.6) is 0 Å². The van der Waals surface area contributed by atoms with Gasteiger partial charge in [-0.1, -0.05) is 31.2 Å². The van der Waals surface area contributed by atoms with E-state index >= 15 is 0 Å². The molecular weight excluding hydrogens is 263 g/mol. The summed E-state index contributed by atoms with van der Waals surface area (Å²) < 4.78 is 13.9. The van der Waals surface area contributed by atoms with E-state index in [9.17, 15) is 4.39 Å². The highest BCUT2D eigenvalue weighted by atomic mass is 19.1. The van der Waals surface area contributed by atoms with Crippen molar-refractivity contribution in [1.29, 1.82) is 0 Å². The van der Waals surface area contributed by atoms with Crippen LogP contribution in [0.25, 0.3) is 10.9 Å². The van der Waals surface area contributed by atoms with Gasteiger partial charge in [0.15, 0.2) is 0 Å². The van der Waals surface area contributed by atoms with Crippen LogP contribution in [0, 0.1) is 5.82 Å². The van der Waals surface area contributed by atoms with Gasteiger partial charge in [-0.2, -0.15) is 0 Å². The first kappa shape index (κ1) is 13.6. The Kier molecular flexibility index (Phi) is 3.82. The van der Waals surface area contributed by atoms with Crippen LogP contribution in [0.1, 0.15) is 24.9 Å². The number of aromatic nitrogens is 1. The minimum absolute atomic E-state index is 0.0414. The van der Waals surface area contributed by atoms with Crippen molar-refractivity contribution in [2.75, 3.05) is 5.32 Å². The minimum atomic E-state index is -0.167. The Hall–Kier alpha value is -2.42. The molecule has 1 atom stereocenters. The minimum Gasteiger partial charge on any atom is -0.378 e. The highest BCUT2D eigenvalue weighted by molar-refractivity contribution is 5.82. The second-order valence-electron chi connectivity index (χ2n) is 5.04. The van der Waals surface area contributed by atoms with Crippen LogP contribution in [-0.2, 0) is 0 Å². The molecule has 1 unspecified atom stereocenters. The molecule has 0 fully saturated rings. The molecule has 0 amide bonds. The number of rotatable bonds is 4. The predicted molar refractivity (Wildman–Crippen MR) is 84.8 cm³/mol. The van der Waals surface area contributed by atoms with Crippen molar-refractivity contribution in [3.8, 4) is 0 Å². The number of pyridine rings is 1. The van der Waals surface area contributed by atoms with Crippen LogP contribution in [0.4, 0.5) is 10.1 Å². The number of benzene rings is 2. The van der Waals surface area contributed by atoms with Gasteiger partial charge in [0.1, 0.15) is 5.82 Å². The summed E-state index contributed by atoms with van der Waals surface area (Å²) in [6.07, 6.45) is 2.59. The Morgan fingerprint density at radius 1 is 1.10 bits per heavy atom. The van der Waals surface area contributed by atoms with Crippen molar-refractivity contribution in [3.05, 3.63) is 72.2 Å². The summed E-state index contributed by atoms with van der Waals surface area (Å²) in [6, 6.07) is 16.8. The van der Waals surface area contributed by atoms with E-state index < -0.39 is 0 Å². The second kappa shape index (κ2) is 5.92. The van der Waals surface area contributed by atoms with Gasteiger partial charge in [-0.05, 0) is 36.8 Å². The van der Waals surface area contributed by atoms with E-state index in [0.717, 1.165) is 23.0 Å². The lowest BCUT2D eigenvalue weighted by atomic mass is 10.0. The van der Waals surface area contributed by atoms with Crippen molar-refractivity contribution in [1.82, 2.24) is 4.98 Å². The Labute approximate surface area is 123 Å². The van der Waals surface area contributed by atoms with Crippen LogP contribution >= 0.6 is 0 Å². The SMILES string of the molecule is CCC(Nc1ccc2ncccc2c1)c1ccccc1F. The van der Waals surface area contributed by atoms with Gasteiger partial charge < -0.3 is 5.32 Å². The molecule has 3 heteroatoms. The van der Waals surface area contributed by atoms with Gasteiger partial charge in [0.2, 0.25) is 0 Å². The molecule has 2 aromatic carbocycles. The molecule has 3 aromatic rings. The maximum atomic E-state index is 13.9. The molecule has 0 saturated heterocycles. The fraction of sp³-hybridized carbons (Fsp3) is 0.167. The third kappa shape index (κ3) is 2.87. The van der Waals surface area contributed by atoms with E-state index in [4.69, 9.17) is 0 Å². The summed E-state index contributed by atoms with van der Waals surface area (Å²) in [5, 5.41) is 4.49. The number of hydrogen-bond donors (Lipinski definition) is 1. The van der Waals surface area contributed by atoms with Crippen LogP contribution in [0.3, 0.4) is 0 Å². The van der Waals surface area contributed by atoms with Crippen LogP contribution < -0.4 is 5.32 Å². The fourth-order valence-electron chi connectivity index (χ4n) is 2.52. The quantitative estimate of drug-likeness (QED) is 0.732. The zero-order valence-corrected chi connectivity index (χ0v) is 11.9.